The fraction of sp³-hybridized carbons (Fsp3) is 0.714. The normalized spacial score (nSPS) is 12.7. The summed E-state index contributed by atoms with van der Waals surface area (Å²) in [6.45, 7) is 5.38. The highest BCUT2D eigenvalue weighted by Gasteiger charge is 2.20. The van der Waals surface area contributed by atoms with Gasteiger partial charge in [-0.2, -0.15) is 5.10 Å². The number of hydrogen-bond donors (Lipinski definition) is 2. The first-order chi connectivity index (χ1) is 9.43. The van der Waals surface area contributed by atoms with Gasteiger partial charge in [0.15, 0.2) is 0 Å². The number of nitrogens with one attached hydrogen (secondary N) is 1. The van der Waals surface area contributed by atoms with E-state index in [1.54, 1.807) is 29.9 Å². The summed E-state index contributed by atoms with van der Waals surface area (Å²) in [5.41, 5.74) is 1.01. The van der Waals surface area contributed by atoms with Crippen molar-refractivity contribution < 1.29 is 9.90 Å². The lowest BCUT2D eigenvalue weighted by Crippen LogP contribution is -2.44. The molecule has 6 heteroatoms. The minimum atomic E-state index is -0.175. The second kappa shape index (κ2) is 8.01. The summed E-state index contributed by atoms with van der Waals surface area (Å²) >= 11 is 0. The molecule has 0 aliphatic carbocycles. The third kappa shape index (κ3) is 5.30. The van der Waals surface area contributed by atoms with Crippen molar-refractivity contribution in [1.29, 1.82) is 0 Å². The van der Waals surface area contributed by atoms with Crippen molar-refractivity contribution >= 4 is 5.91 Å². The highest BCUT2D eigenvalue weighted by Crippen LogP contribution is 2.08. The van der Waals surface area contributed by atoms with E-state index in [2.05, 4.69) is 24.3 Å². The number of hydrogen-bond acceptors (Lipinski definition) is 4. The van der Waals surface area contributed by atoms with Crippen LogP contribution >= 0.6 is 0 Å². The predicted molar refractivity (Wildman–Crippen MR) is 78.1 cm³/mol. The Labute approximate surface area is 120 Å². The highest BCUT2D eigenvalue weighted by atomic mass is 16.3. The fourth-order valence-electron chi connectivity index (χ4n) is 2.02. The van der Waals surface area contributed by atoms with E-state index >= 15 is 0 Å². The topological polar surface area (TPSA) is 70.4 Å². The number of nitrogens with zero attached hydrogens (tertiary/aromatic N) is 3. The first-order valence-electron chi connectivity index (χ1n) is 7.00. The van der Waals surface area contributed by atoms with Gasteiger partial charge in [0, 0.05) is 32.4 Å². The van der Waals surface area contributed by atoms with E-state index in [9.17, 15) is 4.79 Å². The summed E-state index contributed by atoms with van der Waals surface area (Å²) in [6.07, 6.45) is 4.45. The van der Waals surface area contributed by atoms with E-state index in [0.29, 0.717) is 19.0 Å². The van der Waals surface area contributed by atoms with E-state index in [0.717, 1.165) is 12.0 Å². The van der Waals surface area contributed by atoms with Crippen LogP contribution in [0.4, 0.5) is 0 Å². The number of aliphatic hydroxyl groups excluding tert-OH is 1. The summed E-state index contributed by atoms with van der Waals surface area (Å²) in [5.74, 6) is 0.551. The van der Waals surface area contributed by atoms with Gasteiger partial charge < -0.3 is 15.3 Å². The maximum atomic E-state index is 12.1. The van der Waals surface area contributed by atoms with E-state index in [1.807, 2.05) is 6.20 Å². The minimum Gasteiger partial charge on any atom is -0.394 e. The van der Waals surface area contributed by atoms with Crippen molar-refractivity contribution in [3.05, 3.63) is 18.0 Å². The van der Waals surface area contributed by atoms with Gasteiger partial charge >= 0.3 is 0 Å². The summed E-state index contributed by atoms with van der Waals surface area (Å²) in [6, 6.07) is -0.175. The Morgan fingerprint density at radius 3 is 2.75 bits per heavy atom. The van der Waals surface area contributed by atoms with Crippen LogP contribution in [0.25, 0.3) is 0 Å². The van der Waals surface area contributed by atoms with Crippen LogP contribution in [0.3, 0.4) is 0 Å². The van der Waals surface area contributed by atoms with Gasteiger partial charge in [-0.3, -0.25) is 9.48 Å². The van der Waals surface area contributed by atoms with Crippen LogP contribution in [0, 0.1) is 5.92 Å². The van der Waals surface area contributed by atoms with E-state index < -0.39 is 0 Å². The Morgan fingerprint density at radius 1 is 1.50 bits per heavy atom. The molecule has 0 aliphatic heterocycles. The molecule has 0 spiro atoms. The van der Waals surface area contributed by atoms with Crippen molar-refractivity contribution in [2.24, 2.45) is 5.92 Å². The Bertz CT molecular complexity index is 415. The molecule has 1 aromatic rings. The molecule has 1 aromatic heterocycles. The van der Waals surface area contributed by atoms with Crippen molar-refractivity contribution in [2.45, 2.75) is 39.4 Å². The third-order valence-corrected chi connectivity index (χ3v) is 3.01. The molecule has 0 saturated carbocycles. The number of rotatable bonds is 8. The van der Waals surface area contributed by atoms with Gasteiger partial charge in [-0.15, -0.1) is 0 Å². The maximum Gasteiger partial charge on any atom is 0.239 e. The van der Waals surface area contributed by atoms with Crippen LogP contribution < -0.4 is 5.32 Å². The summed E-state index contributed by atoms with van der Waals surface area (Å²) < 4.78 is 1.70. The average molecular weight is 282 g/mol. The quantitative estimate of drug-likeness (QED) is 0.727. The van der Waals surface area contributed by atoms with Gasteiger partial charge in [-0.25, -0.2) is 0 Å². The zero-order valence-electron chi connectivity index (χ0n) is 12.8. The van der Waals surface area contributed by atoms with Gasteiger partial charge in [-0.1, -0.05) is 13.8 Å². The average Bonchev–Trinajstić information content (AvgIpc) is 2.81. The largest absolute Gasteiger partial charge is 0.394 e. The number of aromatic nitrogens is 2. The monoisotopic (exact) mass is 282 g/mol. The highest BCUT2D eigenvalue weighted by molar-refractivity contribution is 5.81. The Hall–Kier alpha value is -1.40. The van der Waals surface area contributed by atoms with Crippen LogP contribution in [0.5, 0.6) is 0 Å². The predicted octanol–water partition coefficient (Wildman–Crippen LogP) is 0.468. The molecule has 114 valence electrons. The fourth-order valence-corrected chi connectivity index (χ4v) is 2.02. The molecule has 0 fully saturated rings. The summed E-state index contributed by atoms with van der Waals surface area (Å²) in [7, 11) is 3.55. The van der Waals surface area contributed by atoms with Crippen molar-refractivity contribution in [1.82, 2.24) is 20.0 Å². The van der Waals surface area contributed by atoms with Crippen LogP contribution in [-0.2, 0) is 17.9 Å². The van der Waals surface area contributed by atoms with E-state index in [-0.39, 0.29) is 18.6 Å². The molecule has 1 unspecified atom stereocenters. The summed E-state index contributed by atoms with van der Waals surface area (Å²) in [4.78, 5) is 13.7. The molecular formula is C14H26N4O2. The first kappa shape index (κ1) is 16.7. The van der Waals surface area contributed by atoms with Crippen LogP contribution in [0.1, 0.15) is 25.8 Å². The van der Waals surface area contributed by atoms with E-state index in [1.165, 1.54) is 0 Å². The number of carbonyl (C=O) groups excluding carboxylic acids is 1. The Morgan fingerprint density at radius 2 is 2.20 bits per heavy atom. The second-order valence-electron chi connectivity index (χ2n) is 5.63. The van der Waals surface area contributed by atoms with Crippen molar-refractivity contribution in [2.75, 3.05) is 20.7 Å². The SMILES string of the molecule is CC(C)CC(NCc1cnn(CCO)c1)C(=O)N(C)C. The van der Waals surface area contributed by atoms with Crippen LogP contribution in [0.2, 0.25) is 0 Å². The lowest BCUT2D eigenvalue weighted by atomic mass is 10.0. The minimum absolute atomic E-state index is 0.0731. The third-order valence-electron chi connectivity index (χ3n) is 3.01. The van der Waals surface area contributed by atoms with Gasteiger partial charge in [0.2, 0.25) is 5.91 Å². The molecular weight excluding hydrogens is 256 g/mol. The molecule has 0 bridgehead atoms. The molecule has 6 nitrogen and oxygen atoms in total. The first-order valence-corrected chi connectivity index (χ1v) is 7.00. The van der Waals surface area contributed by atoms with Crippen LogP contribution in [0.15, 0.2) is 12.4 Å². The Balaban J connectivity index is 2.58. The zero-order valence-corrected chi connectivity index (χ0v) is 12.8. The standard InChI is InChI=1S/C14H26N4O2/c1-11(2)7-13(14(20)17(3)4)15-8-12-9-16-18(10-12)5-6-19/h9-11,13,15,19H,5-8H2,1-4H3. The molecule has 20 heavy (non-hydrogen) atoms. The number of carbonyl (C=O) groups is 1. The second-order valence-corrected chi connectivity index (χ2v) is 5.63. The molecule has 0 aromatic carbocycles. The number of aliphatic hydroxyl groups is 1. The zero-order chi connectivity index (χ0) is 15.1. The van der Waals surface area contributed by atoms with Gasteiger partial charge in [-0.05, 0) is 12.3 Å². The van der Waals surface area contributed by atoms with Gasteiger partial charge in [0.25, 0.3) is 0 Å². The lowest BCUT2D eigenvalue weighted by molar-refractivity contribution is -0.131. The lowest BCUT2D eigenvalue weighted by Gasteiger charge is -2.23. The molecule has 1 heterocycles. The molecule has 1 rings (SSSR count). The van der Waals surface area contributed by atoms with Crippen LogP contribution in [-0.4, -0.2) is 52.4 Å². The number of amides is 1. The summed E-state index contributed by atoms with van der Waals surface area (Å²) in [5, 5.41) is 16.3. The number of likely N-dealkylation sites (N-methyl/N-ethyl adjacent to an activating group) is 1. The van der Waals surface area contributed by atoms with Gasteiger partial charge in [0.1, 0.15) is 0 Å². The molecule has 1 amide bonds. The van der Waals surface area contributed by atoms with Gasteiger partial charge in [0.05, 0.1) is 25.4 Å². The molecule has 0 aliphatic rings. The van der Waals surface area contributed by atoms with Crippen molar-refractivity contribution in [3.63, 3.8) is 0 Å². The maximum absolute atomic E-state index is 12.1. The van der Waals surface area contributed by atoms with E-state index in [4.69, 9.17) is 5.11 Å². The molecule has 1 atom stereocenters. The molecule has 2 N–H and O–H groups in total. The smallest absolute Gasteiger partial charge is 0.239 e. The molecule has 0 radical (unpaired) electrons. The Kier molecular flexibility index (Phi) is 6.67. The van der Waals surface area contributed by atoms with Crippen molar-refractivity contribution in [3.8, 4) is 0 Å². The molecule has 0 saturated heterocycles.